The minimum Gasteiger partial charge on any atom is -0.379 e. The van der Waals surface area contributed by atoms with Crippen molar-refractivity contribution in [3.05, 3.63) is 35.6 Å². The third-order valence-electron chi connectivity index (χ3n) is 6.51. The molecule has 0 radical (unpaired) electrons. The van der Waals surface area contributed by atoms with Crippen LogP contribution in [0.15, 0.2) is 24.3 Å². The van der Waals surface area contributed by atoms with E-state index in [1.807, 2.05) is 12.1 Å². The molecule has 0 amide bonds. The predicted octanol–water partition coefficient (Wildman–Crippen LogP) is 3.42. The normalized spacial score (nSPS) is 31.2. The molecule has 3 aliphatic rings. The van der Waals surface area contributed by atoms with Gasteiger partial charge in [0.1, 0.15) is 5.82 Å². The molecule has 3 nitrogen and oxygen atoms in total. The highest BCUT2D eigenvalue weighted by Gasteiger charge is 2.41. The van der Waals surface area contributed by atoms with E-state index in [0.29, 0.717) is 18.0 Å². The van der Waals surface area contributed by atoms with E-state index in [4.69, 9.17) is 4.74 Å². The lowest BCUT2D eigenvalue weighted by molar-refractivity contribution is 0.0515. The topological polar surface area (TPSA) is 33.3 Å². The van der Waals surface area contributed by atoms with Gasteiger partial charge in [0.2, 0.25) is 0 Å². The highest BCUT2D eigenvalue weighted by molar-refractivity contribution is 5.85. The van der Waals surface area contributed by atoms with Crippen LogP contribution in [0, 0.1) is 11.7 Å². The molecule has 3 fully saturated rings. The Hall–Kier alpha value is -0.680. The van der Waals surface area contributed by atoms with Gasteiger partial charge in [0, 0.05) is 30.6 Å². The summed E-state index contributed by atoms with van der Waals surface area (Å²) in [7, 11) is 0. The van der Waals surface area contributed by atoms with E-state index in [1.165, 1.54) is 44.1 Å². The van der Waals surface area contributed by atoms with Crippen LogP contribution >= 0.6 is 12.4 Å². The van der Waals surface area contributed by atoms with Crippen molar-refractivity contribution >= 4 is 12.4 Å². The minimum absolute atomic E-state index is 0. The van der Waals surface area contributed by atoms with Gasteiger partial charge in [-0.15, -0.1) is 12.4 Å². The van der Waals surface area contributed by atoms with E-state index in [1.54, 1.807) is 12.1 Å². The van der Waals surface area contributed by atoms with Gasteiger partial charge >= 0.3 is 0 Å². The smallest absolute Gasteiger partial charge is 0.123 e. The Labute approximate surface area is 156 Å². The molecular formula is C20H30ClFN2O. The molecule has 140 valence electrons. The van der Waals surface area contributed by atoms with E-state index < -0.39 is 0 Å². The number of benzene rings is 1. The molecule has 2 saturated carbocycles. The van der Waals surface area contributed by atoms with Crippen molar-refractivity contribution in [3.63, 3.8) is 0 Å². The molecule has 1 aromatic rings. The number of hydrogen-bond acceptors (Lipinski definition) is 3. The van der Waals surface area contributed by atoms with E-state index in [9.17, 15) is 4.39 Å². The average Bonchev–Trinajstić information content (AvgIpc) is 3.05. The Kier molecular flexibility index (Phi) is 6.37. The molecular weight excluding hydrogens is 339 g/mol. The van der Waals surface area contributed by atoms with Gasteiger partial charge in [0.15, 0.2) is 0 Å². The summed E-state index contributed by atoms with van der Waals surface area (Å²) >= 11 is 0. The Morgan fingerprint density at radius 1 is 1.16 bits per heavy atom. The van der Waals surface area contributed by atoms with Crippen molar-refractivity contribution in [2.24, 2.45) is 5.92 Å². The van der Waals surface area contributed by atoms with Gasteiger partial charge in [-0.05, 0) is 49.3 Å². The highest BCUT2D eigenvalue weighted by Crippen LogP contribution is 2.43. The van der Waals surface area contributed by atoms with Crippen LogP contribution in [0.3, 0.4) is 0 Å². The first-order valence-corrected chi connectivity index (χ1v) is 9.57. The van der Waals surface area contributed by atoms with E-state index >= 15 is 0 Å². The van der Waals surface area contributed by atoms with Crippen LogP contribution in [0.4, 0.5) is 4.39 Å². The van der Waals surface area contributed by atoms with E-state index in [0.717, 1.165) is 26.3 Å². The number of ether oxygens (including phenoxy) is 1. The fourth-order valence-electron chi connectivity index (χ4n) is 4.89. The lowest BCUT2D eigenvalue weighted by Gasteiger charge is -2.44. The largest absolute Gasteiger partial charge is 0.379 e. The monoisotopic (exact) mass is 368 g/mol. The molecule has 3 unspecified atom stereocenters. The van der Waals surface area contributed by atoms with E-state index in [-0.39, 0.29) is 23.6 Å². The maximum absolute atomic E-state index is 13.3. The second-order valence-corrected chi connectivity index (χ2v) is 7.86. The maximum Gasteiger partial charge on any atom is 0.123 e. The van der Waals surface area contributed by atoms with Crippen LogP contribution in [0.5, 0.6) is 0 Å². The molecule has 5 heteroatoms. The first kappa shape index (κ1) is 19.1. The lowest BCUT2D eigenvalue weighted by atomic mass is 9.64. The average molecular weight is 369 g/mol. The summed E-state index contributed by atoms with van der Waals surface area (Å²) in [6, 6.07) is 8.27. The molecule has 0 spiro atoms. The van der Waals surface area contributed by atoms with Crippen LogP contribution in [0.25, 0.3) is 0 Å². The summed E-state index contributed by atoms with van der Waals surface area (Å²) in [5.74, 6) is 0.538. The summed E-state index contributed by atoms with van der Waals surface area (Å²) < 4.78 is 18.9. The van der Waals surface area contributed by atoms with Gasteiger partial charge in [0.25, 0.3) is 0 Å². The number of morpholine rings is 1. The summed E-state index contributed by atoms with van der Waals surface area (Å²) in [4.78, 5) is 0. The number of nitrogens with one attached hydrogen (secondary N) is 2. The molecule has 3 atom stereocenters. The lowest BCUT2D eigenvalue weighted by Crippen LogP contribution is -2.53. The molecule has 1 heterocycles. The van der Waals surface area contributed by atoms with Crippen LogP contribution in [0.1, 0.15) is 44.1 Å². The second kappa shape index (κ2) is 8.34. The standard InChI is InChI=1S/C20H29FN2O.ClH/c21-16-7-5-15(6-8-16)20(9-2-10-20)14-23-18-4-1-3-17(18)19-13-24-12-11-22-19;/h5-8,17-19,22-23H,1-4,9-14H2;1H. The zero-order valence-corrected chi connectivity index (χ0v) is 15.6. The predicted molar refractivity (Wildman–Crippen MR) is 101 cm³/mol. The Morgan fingerprint density at radius 2 is 1.96 bits per heavy atom. The zero-order valence-electron chi connectivity index (χ0n) is 14.8. The quantitative estimate of drug-likeness (QED) is 0.835. The fourth-order valence-corrected chi connectivity index (χ4v) is 4.89. The van der Waals surface area contributed by atoms with Crippen LogP contribution in [0.2, 0.25) is 0 Å². The van der Waals surface area contributed by atoms with E-state index in [2.05, 4.69) is 10.6 Å². The molecule has 0 bridgehead atoms. The number of rotatable bonds is 5. The van der Waals surface area contributed by atoms with Gasteiger partial charge in [0.05, 0.1) is 13.2 Å². The SMILES string of the molecule is Cl.Fc1ccc(C2(CNC3CCCC3C3COCCN3)CCC2)cc1. The first-order valence-electron chi connectivity index (χ1n) is 9.57. The highest BCUT2D eigenvalue weighted by atomic mass is 35.5. The second-order valence-electron chi connectivity index (χ2n) is 7.86. The van der Waals surface area contributed by atoms with Gasteiger partial charge in [-0.2, -0.15) is 0 Å². The third kappa shape index (κ3) is 4.02. The van der Waals surface area contributed by atoms with Crippen molar-refractivity contribution in [1.82, 2.24) is 10.6 Å². The molecule has 1 aromatic carbocycles. The van der Waals surface area contributed by atoms with Gasteiger partial charge in [-0.25, -0.2) is 4.39 Å². The Morgan fingerprint density at radius 3 is 2.60 bits per heavy atom. The Balaban J connectivity index is 0.00000182. The van der Waals surface area contributed by atoms with Crippen molar-refractivity contribution in [2.45, 2.75) is 56.0 Å². The van der Waals surface area contributed by atoms with Crippen molar-refractivity contribution in [1.29, 1.82) is 0 Å². The first-order chi connectivity index (χ1) is 11.8. The van der Waals surface area contributed by atoms with Crippen molar-refractivity contribution in [2.75, 3.05) is 26.3 Å². The minimum atomic E-state index is -0.139. The number of halogens is 2. The van der Waals surface area contributed by atoms with Gasteiger partial charge < -0.3 is 15.4 Å². The Bertz CT molecular complexity index is 543. The summed E-state index contributed by atoms with van der Waals surface area (Å²) in [6.07, 6.45) is 7.58. The molecule has 1 saturated heterocycles. The van der Waals surface area contributed by atoms with Crippen LogP contribution in [-0.4, -0.2) is 38.4 Å². The summed E-state index contributed by atoms with van der Waals surface area (Å²) in [5.41, 5.74) is 1.52. The number of hydrogen-bond donors (Lipinski definition) is 2. The fraction of sp³-hybridized carbons (Fsp3) is 0.700. The maximum atomic E-state index is 13.3. The molecule has 25 heavy (non-hydrogen) atoms. The molecule has 0 aromatic heterocycles. The van der Waals surface area contributed by atoms with Crippen molar-refractivity contribution < 1.29 is 9.13 Å². The van der Waals surface area contributed by atoms with Gasteiger partial charge in [-0.3, -0.25) is 0 Å². The third-order valence-corrected chi connectivity index (χ3v) is 6.51. The van der Waals surface area contributed by atoms with Crippen LogP contribution < -0.4 is 10.6 Å². The van der Waals surface area contributed by atoms with Crippen molar-refractivity contribution in [3.8, 4) is 0 Å². The molecule has 2 N–H and O–H groups in total. The summed E-state index contributed by atoms with van der Waals surface area (Å²) in [5, 5.41) is 7.54. The zero-order chi connectivity index (χ0) is 16.4. The molecule has 4 rings (SSSR count). The van der Waals surface area contributed by atoms with Gasteiger partial charge in [-0.1, -0.05) is 25.0 Å². The molecule has 1 aliphatic heterocycles. The summed E-state index contributed by atoms with van der Waals surface area (Å²) in [6.45, 7) is 3.70. The molecule has 2 aliphatic carbocycles. The van der Waals surface area contributed by atoms with Crippen LogP contribution in [-0.2, 0) is 10.2 Å².